The molecule has 1 aromatic carbocycles. The number of nitrogens with two attached hydrogens (primary N) is 2. The molecular formula is C14H19N3O3. The maximum Gasteiger partial charge on any atom is 0.261 e. The zero-order valence-electron chi connectivity index (χ0n) is 11.2. The molecule has 1 atom stereocenters. The molecule has 4 N–H and O–H groups in total. The molecule has 0 bridgehead atoms. The number of rotatable bonds is 4. The molecule has 0 aliphatic carbocycles. The molecule has 1 fully saturated rings. The van der Waals surface area contributed by atoms with Crippen molar-refractivity contribution in [1.29, 1.82) is 0 Å². The number of anilines is 1. The Hall–Kier alpha value is -2.24. The van der Waals surface area contributed by atoms with Gasteiger partial charge in [0.15, 0.2) is 6.61 Å². The van der Waals surface area contributed by atoms with E-state index in [1.807, 2.05) is 0 Å². The molecule has 1 aromatic rings. The van der Waals surface area contributed by atoms with Crippen molar-refractivity contribution in [2.75, 3.05) is 18.9 Å². The molecular weight excluding hydrogens is 258 g/mol. The van der Waals surface area contributed by atoms with Crippen LogP contribution in [-0.4, -0.2) is 35.9 Å². The Labute approximate surface area is 117 Å². The number of para-hydroxylation sites is 2. The van der Waals surface area contributed by atoms with Gasteiger partial charge in [-0.2, -0.15) is 0 Å². The largest absolute Gasteiger partial charge is 0.482 e. The van der Waals surface area contributed by atoms with E-state index in [-0.39, 0.29) is 12.5 Å². The van der Waals surface area contributed by atoms with Gasteiger partial charge in [0.25, 0.3) is 5.91 Å². The summed E-state index contributed by atoms with van der Waals surface area (Å²) in [6, 6.07) is 6.45. The predicted octanol–water partition coefficient (Wildman–Crippen LogP) is 0.514. The first-order valence-electron chi connectivity index (χ1n) is 6.65. The van der Waals surface area contributed by atoms with Gasteiger partial charge in [-0.3, -0.25) is 9.59 Å². The van der Waals surface area contributed by atoms with E-state index in [9.17, 15) is 9.59 Å². The summed E-state index contributed by atoms with van der Waals surface area (Å²) < 4.78 is 5.41. The minimum absolute atomic E-state index is 0.141. The molecule has 0 radical (unpaired) electrons. The van der Waals surface area contributed by atoms with Crippen LogP contribution in [0.5, 0.6) is 5.75 Å². The first-order chi connectivity index (χ1) is 9.59. The topological polar surface area (TPSA) is 98.7 Å². The normalized spacial score (nSPS) is 18.6. The maximum atomic E-state index is 12.1. The number of hydrogen-bond acceptors (Lipinski definition) is 4. The quantitative estimate of drug-likeness (QED) is 0.783. The van der Waals surface area contributed by atoms with Crippen LogP contribution < -0.4 is 16.2 Å². The Balaban J connectivity index is 1.97. The second-order valence-corrected chi connectivity index (χ2v) is 4.83. The lowest BCUT2D eigenvalue weighted by molar-refractivity contribution is -0.142. The average molecular weight is 277 g/mol. The highest BCUT2D eigenvalue weighted by Gasteiger charge is 2.30. The van der Waals surface area contributed by atoms with Crippen LogP contribution in [-0.2, 0) is 9.59 Å². The van der Waals surface area contributed by atoms with Crippen LogP contribution in [0.4, 0.5) is 5.69 Å². The average Bonchev–Trinajstić information content (AvgIpc) is 2.46. The van der Waals surface area contributed by atoms with Crippen LogP contribution in [0.3, 0.4) is 0 Å². The van der Waals surface area contributed by atoms with Crippen molar-refractivity contribution in [3.8, 4) is 5.75 Å². The fraction of sp³-hybridized carbons (Fsp3) is 0.429. The molecule has 108 valence electrons. The second kappa shape index (κ2) is 6.27. The Morgan fingerprint density at radius 1 is 1.30 bits per heavy atom. The molecule has 1 saturated heterocycles. The van der Waals surface area contributed by atoms with Gasteiger partial charge in [0.1, 0.15) is 11.8 Å². The number of ether oxygens (including phenoxy) is 1. The van der Waals surface area contributed by atoms with Gasteiger partial charge in [0.05, 0.1) is 5.69 Å². The van der Waals surface area contributed by atoms with Crippen LogP contribution in [0.1, 0.15) is 19.3 Å². The van der Waals surface area contributed by atoms with E-state index in [4.69, 9.17) is 16.2 Å². The zero-order valence-corrected chi connectivity index (χ0v) is 11.2. The molecule has 0 aromatic heterocycles. The number of amides is 2. The number of nitrogen functional groups attached to an aromatic ring is 1. The van der Waals surface area contributed by atoms with Gasteiger partial charge in [-0.15, -0.1) is 0 Å². The van der Waals surface area contributed by atoms with E-state index in [1.54, 1.807) is 24.3 Å². The van der Waals surface area contributed by atoms with E-state index >= 15 is 0 Å². The molecule has 1 aliphatic heterocycles. The third-order valence-corrected chi connectivity index (χ3v) is 3.42. The van der Waals surface area contributed by atoms with E-state index < -0.39 is 11.9 Å². The summed E-state index contributed by atoms with van der Waals surface area (Å²) in [6.45, 7) is 0.401. The van der Waals surface area contributed by atoms with Gasteiger partial charge >= 0.3 is 0 Å². The van der Waals surface area contributed by atoms with Crippen LogP contribution >= 0.6 is 0 Å². The third-order valence-electron chi connectivity index (χ3n) is 3.42. The minimum atomic E-state index is -0.520. The molecule has 0 spiro atoms. The Morgan fingerprint density at radius 2 is 2.05 bits per heavy atom. The monoisotopic (exact) mass is 277 g/mol. The van der Waals surface area contributed by atoms with Crippen molar-refractivity contribution >= 4 is 17.5 Å². The van der Waals surface area contributed by atoms with E-state index in [2.05, 4.69) is 0 Å². The van der Waals surface area contributed by atoms with Crippen molar-refractivity contribution in [2.45, 2.75) is 25.3 Å². The lowest BCUT2D eigenvalue weighted by Gasteiger charge is -2.33. The van der Waals surface area contributed by atoms with Crippen LogP contribution in [0.25, 0.3) is 0 Å². The minimum Gasteiger partial charge on any atom is -0.482 e. The van der Waals surface area contributed by atoms with Gasteiger partial charge in [-0.05, 0) is 31.4 Å². The molecule has 6 heteroatoms. The van der Waals surface area contributed by atoms with Gasteiger partial charge in [0, 0.05) is 6.54 Å². The summed E-state index contributed by atoms with van der Waals surface area (Å²) in [5, 5.41) is 0. The van der Waals surface area contributed by atoms with Crippen molar-refractivity contribution in [2.24, 2.45) is 5.73 Å². The highest BCUT2D eigenvalue weighted by molar-refractivity contribution is 5.87. The summed E-state index contributed by atoms with van der Waals surface area (Å²) in [4.78, 5) is 25.0. The third kappa shape index (κ3) is 3.20. The summed E-state index contributed by atoms with van der Waals surface area (Å²) >= 11 is 0. The number of primary amides is 1. The predicted molar refractivity (Wildman–Crippen MR) is 74.9 cm³/mol. The first-order valence-corrected chi connectivity index (χ1v) is 6.65. The number of carbonyl (C=O) groups is 2. The molecule has 1 aliphatic rings. The fourth-order valence-corrected chi connectivity index (χ4v) is 2.36. The number of benzene rings is 1. The van der Waals surface area contributed by atoms with Gasteiger partial charge < -0.3 is 21.1 Å². The van der Waals surface area contributed by atoms with E-state index in [1.165, 1.54) is 4.90 Å². The van der Waals surface area contributed by atoms with Crippen LogP contribution in [0.15, 0.2) is 24.3 Å². The molecule has 1 heterocycles. The second-order valence-electron chi connectivity index (χ2n) is 4.83. The Bertz CT molecular complexity index is 504. The van der Waals surface area contributed by atoms with Gasteiger partial charge in [-0.25, -0.2) is 0 Å². The number of piperidine rings is 1. The molecule has 2 amide bonds. The summed E-state index contributed by atoms with van der Waals surface area (Å²) in [6.07, 6.45) is 2.40. The van der Waals surface area contributed by atoms with Crippen LogP contribution in [0, 0.1) is 0 Å². The fourth-order valence-electron chi connectivity index (χ4n) is 2.36. The first kappa shape index (κ1) is 14.2. The van der Waals surface area contributed by atoms with Crippen molar-refractivity contribution < 1.29 is 14.3 Å². The smallest absolute Gasteiger partial charge is 0.261 e. The SMILES string of the molecule is NC(=O)C1CCCCN1C(=O)COc1ccccc1N. The van der Waals surface area contributed by atoms with E-state index in [0.29, 0.717) is 24.4 Å². The van der Waals surface area contributed by atoms with Gasteiger partial charge in [0.2, 0.25) is 5.91 Å². The number of likely N-dealkylation sites (tertiary alicyclic amines) is 1. The number of carbonyl (C=O) groups excluding carboxylic acids is 2. The Morgan fingerprint density at radius 3 is 2.75 bits per heavy atom. The summed E-state index contributed by atoms with van der Waals surface area (Å²) in [5.74, 6) is -0.234. The summed E-state index contributed by atoms with van der Waals surface area (Å²) in [5.41, 5.74) is 11.5. The van der Waals surface area contributed by atoms with Crippen molar-refractivity contribution in [1.82, 2.24) is 4.90 Å². The molecule has 6 nitrogen and oxygen atoms in total. The number of hydrogen-bond donors (Lipinski definition) is 2. The molecule has 1 unspecified atom stereocenters. The molecule has 20 heavy (non-hydrogen) atoms. The van der Waals surface area contributed by atoms with Crippen molar-refractivity contribution in [3.05, 3.63) is 24.3 Å². The molecule has 0 saturated carbocycles. The number of nitrogens with zero attached hydrogens (tertiary/aromatic N) is 1. The highest BCUT2D eigenvalue weighted by atomic mass is 16.5. The van der Waals surface area contributed by atoms with E-state index in [0.717, 1.165) is 12.8 Å². The van der Waals surface area contributed by atoms with Gasteiger partial charge in [-0.1, -0.05) is 12.1 Å². The lowest BCUT2D eigenvalue weighted by Crippen LogP contribution is -2.51. The highest BCUT2D eigenvalue weighted by Crippen LogP contribution is 2.21. The lowest BCUT2D eigenvalue weighted by atomic mass is 10.0. The zero-order chi connectivity index (χ0) is 14.5. The van der Waals surface area contributed by atoms with Crippen molar-refractivity contribution in [3.63, 3.8) is 0 Å². The Kier molecular flexibility index (Phi) is 4.45. The van der Waals surface area contributed by atoms with Crippen LogP contribution in [0.2, 0.25) is 0 Å². The standard InChI is InChI=1S/C14H19N3O3/c15-10-5-1-2-7-12(10)20-9-13(18)17-8-4-3-6-11(17)14(16)19/h1-2,5,7,11H,3-4,6,8-9,15H2,(H2,16,19). The molecule has 2 rings (SSSR count). The summed E-state index contributed by atoms with van der Waals surface area (Å²) in [7, 11) is 0. The maximum absolute atomic E-state index is 12.1.